The standard InChI is InChI=1S/C27H33F2N3O/c1-16(2)27-30-23-9-17(3)5-6-24(23)32(27)25-7-8-31(15-26(25)33-4)14-18-10-19-12-21(28)22(29)13-20(19)11-18/h5-6,9,12-13,16,18,25-26H,7-8,10-11,14-15H2,1-4H3/t25-,26-/m0/s1. The highest BCUT2D eigenvalue weighted by atomic mass is 19.2. The maximum absolute atomic E-state index is 13.6. The van der Waals surface area contributed by atoms with Crippen LogP contribution in [-0.4, -0.2) is 47.3 Å². The minimum Gasteiger partial charge on any atom is -0.378 e. The molecule has 0 amide bonds. The summed E-state index contributed by atoms with van der Waals surface area (Å²) in [5, 5.41) is 0. The number of benzene rings is 2. The molecule has 0 N–H and O–H groups in total. The molecule has 6 heteroatoms. The molecular formula is C27H33F2N3O. The molecule has 1 aliphatic carbocycles. The zero-order valence-corrected chi connectivity index (χ0v) is 19.9. The van der Waals surface area contributed by atoms with Gasteiger partial charge >= 0.3 is 0 Å². The molecule has 2 atom stereocenters. The summed E-state index contributed by atoms with van der Waals surface area (Å²) < 4.78 is 35.7. The Kier molecular flexibility index (Phi) is 6.00. The van der Waals surface area contributed by atoms with Crippen LogP contribution in [0.3, 0.4) is 0 Å². The van der Waals surface area contributed by atoms with Crippen LogP contribution >= 0.6 is 0 Å². The SMILES string of the molecule is CO[C@H]1CN(CC2Cc3cc(F)c(F)cc3C2)CC[C@@H]1n1c(C(C)C)nc2cc(C)ccc21. The number of piperidine rings is 1. The lowest BCUT2D eigenvalue weighted by molar-refractivity contribution is -0.00966. The summed E-state index contributed by atoms with van der Waals surface area (Å²) in [4.78, 5) is 7.45. The molecule has 0 bridgehead atoms. The zero-order chi connectivity index (χ0) is 23.3. The number of imidazole rings is 1. The highest BCUT2D eigenvalue weighted by molar-refractivity contribution is 5.77. The molecule has 2 heterocycles. The fourth-order valence-electron chi connectivity index (χ4n) is 5.84. The van der Waals surface area contributed by atoms with Gasteiger partial charge in [-0.15, -0.1) is 0 Å². The van der Waals surface area contributed by atoms with Gasteiger partial charge in [-0.1, -0.05) is 19.9 Å². The van der Waals surface area contributed by atoms with Gasteiger partial charge in [0.1, 0.15) is 5.82 Å². The number of aromatic nitrogens is 2. The first-order chi connectivity index (χ1) is 15.8. The van der Waals surface area contributed by atoms with Gasteiger partial charge < -0.3 is 14.2 Å². The average molecular weight is 454 g/mol. The van der Waals surface area contributed by atoms with Crippen molar-refractivity contribution >= 4 is 11.0 Å². The molecule has 5 rings (SSSR count). The third-order valence-electron chi connectivity index (χ3n) is 7.41. The van der Waals surface area contributed by atoms with Crippen molar-refractivity contribution in [3.8, 4) is 0 Å². The molecule has 1 fully saturated rings. The number of rotatable bonds is 5. The number of halogens is 2. The Labute approximate surface area is 194 Å². The topological polar surface area (TPSA) is 30.3 Å². The highest BCUT2D eigenvalue weighted by Gasteiger charge is 2.35. The first kappa shape index (κ1) is 22.5. The van der Waals surface area contributed by atoms with Crippen molar-refractivity contribution in [1.82, 2.24) is 14.5 Å². The Morgan fingerprint density at radius 1 is 1.09 bits per heavy atom. The molecule has 176 valence electrons. The fraction of sp³-hybridized carbons (Fsp3) is 0.519. The number of ether oxygens (including phenoxy) is 1. The van der Waals surface area contributed by atoms with E-state index < -0.39 is 11.6 Å². The highest BCUT2D eigenvalue weighted by Crippen LogP contribution is 2.35. The monoisotopic (exact) mass is 453 g/mol. The van der Waals surface area contributed by atoms with Crippen LogP contribution in [0.1, 0.15) is 54.7 Å². The second-order valence-electron chi connectivity index (χ2n) is 10.2. The molecule has 0 spiro atoms. The van der Waals surface area contributed by atoms with Crippen LogP contribution in [0, 0.1) is 24.5 Å². The Morgan fingerprint density at radius 2 is 1.79 bits per heavy atom. The predicted molar refractivity (Wildman–Crippen MR) is 127 cm³/mol. The molecule has 1 saturated heterocycles. The molecular weight excluding hydrogens is 420 g/mol. The predicted octanol–water partition coefficient (Wildman–Crippen LogP) is 5.42. The molecule has 33 heavy (non-hydrogen) atoms. The Hall–Kier alpha value is -2.31. The van der Waals surface area contributed by atoms with E-state index in [1.165, 1.54) is 23.2 Å². The van der Waals surface area contributed by atoms with Gasteiger partial charge in [0.05, 0.1) is 23.2 Å². The number of methoxy groups -OCH3 is 1. The summed E-state index contributed by atoms with van der Waals surface area (Å²) in [6, 6.07) is 9.52. The van der Waals surface area contributed by atoms with Crippen LogP contribution in [-0.2, 0) is 17.6 Å². The minimum absolute atomic E-state index is 0.0635. The number of likely N-dealkylation sites (tertiary alicyclic amines) is 1. The van der Waals surface area contributed by atoms with Gasteiger partial charge in [0, 0.05) is 32.7 Å². The third-order valence-corrected chi connectivity index (χ3v) is 7.41. The number of aryl methyl sites for hydroxylation is 1. The second kappa shape index (κ2) is 8.80. The Bertz CT molecular complexity index is 1140. The van der Waals surface area contributed by atoms with E-state index in [2.05, 4.69) is 48.4 Å². The van der Waals surface area contributed by atoms with E-state index in [-0.39, 0.29) is 12.1 Å². The molecule has 0 unspecified atom stereocenters. The number of hydrogen-bond donors (Lipinski definition) is 0. The van der Waals surface area contributed by atoms with Crippen molar-refractivity contribution in [2.45, 2.75) is 58.1 Å². The summed E-state index contributed by atoms with van der Waals surface area (Å²) in [6.45, 7) is 9.25. The maximum atomic E-state index is 13.6. The summed E-state index contributed by atoms with van der Waals surface area (Å²) in [5.74, 6) is 0.354. The molecule has 2 aromatic carbocycles. The van der Waals surface area contributed by atoms with Crippen molar-refractivity contribution in [3.05, 3.63) is 64.5 Å². The summed E-state index contributed by atoms with van der Waals surface area (Å²) in [7, 11) is 1.80. The van der Waals surface area contributed by atoms with E-state index in [1.807, 2.05) is 0 Å². The molecule has 1 aliphatic heterocycles. The van der Waals surface area contributed by atoms with E-state index in [4.69, 9.17) is 9.72 Å². The largest absolute Gasteiger partial charge is 0.378 e. The first-order valence-electron chi connectivity index (χ1n) is 12.0. The van der Waals surface area contributed by atoms with Crippen molar-refractivity contribution < 1.29 is 13.5 Å². The van der Waals surface area contributed by atoms with Gasteiger partial charge in [-0.2, -0.15) is 0 Å². The Morgan fingerprint density at radius 3 is 2.42 bits per heavy atom. The van der Waals surface area contributed by atoms with Gasteiger partial charge in [0.25, 0.3) is 0 Å². The van der Waals surface area contributed by atoms with E-state index in [0.717, 1.165) is 61.4 Å². The summed E-state index contributed by atoms with van der Waals surface area (Å²) in [6.07, 6.45) is 2.68. The van der Waals surface area contributed by atoms with Crippen molar-refractivity contribution in [2.24, 2.45) is 5.92 Å². The average Bonchev–Trinajstić information content (AvgIpc) is 3.34. The Balaban J connectivity index is 1.34. The maximum Gasteiger partial charge on any atom is 0.159 e. The van der Waals surface area contributed by atoms with Crippen LogP contribution in [0.4, 0.5) is 8.78 Å². The number of hydrogen-bond acceptors (Lipinski definition) is 3. The van der Waals surface area contributed by atoms with Crippen LogP contribution in [0.2, 0.25) is 0 Å². The summed E-state index contributed by atoms with van der Waals surface area (Å²) in [5.41, 5.74) is 5.37. The molecule has 2 aliphatic rings. The minimum atomic E-state index is -0.738. The van der Waals surface area contributed by atoms with E-state index in [1.54, 1.807) is 7.11 Å². The van der Waals surface area contributed by atoms with E-state index in [0.29, 0.717) is 11.8 Å². The smallest absolute Gasteiger partial charge is 0.159 e. The molecule has 0 saturated carbocycles. The van der Waals surface area contributed by atoms with Crippen LogP contribution < -0.4 is 0 Å². The molecule has 0 radical (unpaired) electrons. The quantitative estimate of drug-likeness (QED) is 0.517. The van der Waals surface area contributed by atoms with Crippen LogP contribution in [0.25, 0.3) is 11.0 Å². The van der Waals surface area contributed by atoms with Gasteiger partial charge in [-0.25, -0.2) is 13.8 Å². The van der Waals surface area contributed by atoms with Crippen molar-refractivity contribution in [2.75, 3.05) is 26.7 Å². The lowest BCUT2D eigenvalue weighted by Gasteiger charge is -2.40. The van der Waals surface area contributed by atoms with Gasteiger partial charge in [0.2, 0.25) is 0 Å². The lowest BCUT2D eigenvalue weighted by atomic mass is 9.97. The lowest BCUT2D eigenvalue weighted by Crippen LogP contribution is -2.47. The van der Waals surface area contributed by atoms with Gasteiger partial charge in [0.15, 0.2) is 11.6 Å². The molecule has 1 aromatic heterocycles. The third kappa shape index (κ3) is 4.19. The first-order valence-corrected chi connectivity index (χ1v) is 12.0. The van der Waals surface area contributed by atoms with E-state index in [9.17, 15) is 8.78 Å². The van der Waals surface area contributed by atoms with Gasteiger partial charge in [-0.05, 0) is 73.1 Å². The summed E-state index contributed by atoms with van der Waals surface area (Å²) >= 11 is 0. The van der Waals surface area contributed by atoms with Gasteiger partial charge in [-0.3, -0.25) is 0 Å². The number of nitrogens with zero attached hydrogens (tertiary/aromatic N) is 3. The van der Waals surface area contributed by atoms with Crippen molar-refractivity contribution in [3.63, 3.8) is 0 Å². The molecule has 4 nitrogen and oxygen atoms in total. The second-order valence-corrected chi connectivity index (χ2v) is 10.2. The van der Waals surface area contributed by atoms with E-state index >= 15 is 0 Å². The zero-order valence-electron chi connectivity index (χ0n) is 19.9. The van der Waals surface area contributed by atoms with Crippen LogP contribution in [0.15, 0.2) is 30.3 Å². The van der Waals surface area contributed by atoms with Crippen molar-refractivity contribution in [1.29, 1.82) is 0 Å². The number of fused-ring (bicyclic) bond motifs is 2. The normalized spacial score (nSPS) is 21.9. The fourth-order valence-corrected chi connectivity index (χ4v) is 5.84. The van der Waals surface area contributed by atoms with Crippen LogP contribution in [0.5, 0.6) is 0 Å². The molecule has 3 aromatic rings.